The number of amides is 2. The van der Waals surface area contributed by atoms with Gasteiger partial charge in [0, 0.05) is 18.3 Å². The second-order valence-electron chi connectivity index (χ2n) is 7.56. The van der Waals surface area contributed by atoms with Crippen LogP contribution < -0.4 is 14.5 Å². The van der Waals surface area contributed by atoms with Gasteiger partial charge in [0.05, 0.1) is 11.5 Å². The molecule has 0 aliphatic carbocycles. The fraction of sp³-hybridized carbons (Fsp3) is 0.238. The molecule has 2 amide bonds. The molecule has 0 bridgehead atoms. The first-order chi connectivity index (χ1) is 14.4. The lowest BCUT2D eigenvalue weighted by Gasteiger charge is -2.29. The zero-order valence-corrected chi connectivity index (χ0v) is 19.0. The number of thiocarbonyl (C=S) groups is 1. The molecule has 1 N–H and O–H groups in total. The zero-order valence-electron chi connectivity index (χ0n) is 17.3. The highest BCUT2D eigenvalue weighted by molar-refractivity contribution is 7.90. The number of nitrogens with zero attached hydrogens (tertiary/aromatic N) is 3. The predicted octanol–water partition coefficient (Wildman–Crippen LogP) is 3.29. The van der Waals surface area contributed by atoms with E-state index in [-0.39, 0.29) is 15.9 Å². The summed E-state index contributed by atoms with van der Waals surface area (Å²) in [6.07, 6.45) is 0. The Hall–Kier alpha value is -3.29. The molecule has 0 saturated carbocycles. The molecule has 1 fully saturated rings. The average molecular weight is 457 g/mol. The highest BCUT2D eigenvalue weighted by atomic mass is 32.2. The first-order valence-electron chi connectivity index (χ1n) is 9.20. The van der Waals surface area contributed by atoms with Gasteiger partial charge in [-0.1, -0.05) is 12.1 Å². The Morgan fingerprint density at radius 3 is 2.42 bits per heavy atom. The summed E-state index contributed by atoms with van der Waals surface area (Å²) in [5.41, 5.74) is 1.01. The minimum Gasteiger partial charge on any atom is -0.303 e. The van der Waals surface area contributed by atoms with Crippen molar-refractivity contribution in [2.24, 2.45) is 0 Å². The van der Waals surface area contributed by atoms with Crippen LogP contribution in [0.15, 0.2) is 47.4 Å². The van der Waals surface area contributed by atoms with Gasteiger partial charge in [0.15, 0.2) is 10.8 Å². The van der Waals surface area contributed by atoms with Gasteiger partial charge in [-0.3, -0.25) is 14.5 Å². The maximum atomic E-state index is 13.3. The fourth-order valence-corrected chi connectivity index (χ4v) is 4.95. The molecule has 0 radical (unpaired) electrons. The second kappa shape index (κ2) is 7.76. The van der Waals surface area contributed by atoms with Gasteiger partial charge in [-0.25, -0.2) is 18.0 Å². The third kappa shape index (κ3) is 3.89. The number of hydrogen-bond donors (Lipinski definition) is 1. The highest BCUT2D eigenvalue weighted by Gasteiger charge is 2.50. The molecular formula is C21H20N4O4S2. The highest BCUT2D eigenvalue weighted by Crippen LogP contribution is 2.38. The molecule has 0 aromatic heterocycles. The largest absolute Gasteiger partial charge is 0.303 e. The molecule has 31 heavy (non-hydrogen) atoms. The summed E-state index contributed by atoms with van der Waals surface area (Å²) in [6.45, 7) is 13.5. The molecule has 0 spiro atoms. The van der Waals surface area contributed by atoms with E-state index in [0.29, 0.717) is 22.6 Å². The molecule has 1 saturated heterocycles. The molecule has 1 heterocycles. The van der Waals surface area contributed by atoms with Gasteiger partial charge in [-0.15, -0.1) is 0 Å². The Balaban J connectivity index is 2.07. The van der Waals surface area contributed by atoms with E-state index in [1.807, 2.05) is 4.72 Å². The van der Waals surface area contributed by atoms with E-state index in [9.17, 15) is 18.0 Å². The number of anilines is 2. The van der Waals surface area contributed by atoms with E-state index < -0.39 is 21.5 Å². The Bertz CT molecular complexity index is 1260. The van der Waals surface area contributed by atoms with Crippen LogP contribution in [0, 0.1) is 13.5 Å². The van der Waals surface area contributed by atoms with Crippen molar-refractivity contribution in [1.29, 1.82) is 0 Å². The van der Waals surface area contributed by atoms with Gasteiger partial charge in [0.1, 0.15) is 5.54 Å². The van der Waals surface area contributed by atoms with Crippen LogP contribution in [0.2, 0.25) is 0 Å². The van der Waals surface area contributed by atoms with E-state index in [2.05, 4.69) is 4.85 Å². The van der Waals surface area contributed by atoms with Gasteiger partial charge in [0.25, 0.3) is 15.9 Å². The van der Waals surface area contributed by atoms with Crippen LogP contribution in [0.25, 0.3) is 4.85 Å². The number of hydrogen-bond acceptors (Lipinski definition) is 5. The number of sulfonamides is 1. The molecule has 2 aromatic carbocycles. The van der Waals surface area contributed by atoms with Crippen LogP contribution in [0.4, 0.5) is 17.1 Å². The summed E-state index contributed by atoms with van der Waals surface area (Å²) >= 11 is 5.61. The van der Waals surface area contributed by atoms with Crippen molar-refractivity contribution in [3.63, 3.8) is 0 Å². The predicted molar refractivity (Wildman–Crippen MR) is 122 cm³/mol. The number of carbonyl (C=O) groups excluding carboxylic acids is 2. The standard InChI is InChI=1S/C21H20N4O4S2/c1-13-11-15(9-10-18(13)22-5)24-19(27)21(3,4)25(20(24)30)16-7-6-8-17(12-16)31(28,29)23-14(2)26/h6-12H,1-4H3,(H,23,26). The quantitative estimate of drug-likeness (QED) is 0.561. The maximum absolute atomic E-state index is 13.3. The third-order valence-electron chi connectivity index (χ3n) is 4.89. The van der Waals surface area contributed by atoms with Crippen LogP contribution >= 0.6 is 12.2 Å². The van der Waals surface area contributed by atoms with Crippen LogP contribution in [0.3, 0.4) is 0 Å². The summed E-state index contributed by atoms with van der Waals surface area (Å²) in [6, 6.07) is 10.9. The van der Waals surface area contributed by atoms with Crippen molar-refractivity contribution in [3.05, 3.63) is 59.4 Å². The fourth-order valence-electron chi connectivity index (χ4n) is 3.40. The number of nitrogens with one attached hydrogen (secondary N) is 1. The summed E-state index contributed by atoms with van der Waals surface area (Å²) in [4.78, 5) is 30.8. The lowest BCUT2D eigenvalue weighted by atomic mass is 10.0. The SMILES string of the molecule is [C-]#[N+]c1ccc(N2C(=O)C(C)(C)N(c3cccc(S(=O)(=O)NC(C)=O)c3)C2=S)cc1C. The summed E-state index contributed by atoms with van der Waals surface area (Å²) in [7, 11) is -4.06. The first-order valence-corrected chi connectivity index (χ1v) is 11.1. The van der Waals surface area contributed by atoms with Gasteiger partial charge in [-0.05, 0) is 68.9 Å². The molecule has 2 aromatic rings. The molecule has 8 nitrogen and oxygen atoms in total. The van der Waals surface area contributed by atoms with E-state index in [1.165, 1.54) is 23.1 Å². The van der Waals surface area contributed by atoms with Gasteiger partial charge in [-0.2, -0.15) is 0 Å². The van der Waals surface area contributed by atoms with Gasteiger partial charge < -0.3 is 4.90 Å². The Morgan fingerprint density at radius 2 is 1.84 bits per heavy atom. The zero-order chi connectivity index (χ0) is 23.1. The maximum Gasteiger partial charge on any atom is 0.264 e. The molecule has 0 atom stereocenters. The number of benzene rings is 2. The van der Waals surface area contributed by atoms with Crippen molar-refractivity contribution in [3.8, 4) is 0 Å². The smallest absolute Gasteiger partial charge is 0.264 e. The molecule has 3 rings (SSSR count). The molecule has 1 aliphatic rings. The van der Waals surface area contributed by atoms with E-state index in [4.69, 9.17) is 18.8 Å². The van der Waals surface area contributed by atoms with Crippen LogP contribution in [0.1, 0.15) is 26.3 Å². The normalized spacial score (nSPS) is 15.7. The van der Waals surface area contributed by atoms with Gasteiger partial charge in [0.2, 0.25) is 5.91 Å². The van der Waals surface area contributed by atoms with Crippen molar-refractivity contribution in [2.45, 2.75) is 38.1 Å². The molecule has 1 aliphatic heterocycles. The van der Waals surface area contributed by atoms with E-state index in [0.717, 1.165) is 6.92 Å². The van der Waals surface area contributed by atoms with Crippen molar-refractivity contribution in [2.75, 3.05) is 9.80 Å². The second-order valence-corrected chi connectivity index (χ2v) is 9.61. The molecule has 10 heteroatoms. The van der Waals surface area contributed by atoms with Crippen LogP contribution in [-0.2, 0) is 19.6 Å². The lowest BCUT2D eigenvalue weighted by molar-refractivity contribution is -0.120. The molecule has 160 valence electrons. The number of aryl methyl sites for hydroxylation is 1. The minimum atomic E-state index is -4.06. The first kappa shape index (κ1) is 22.4. The Morgan fingerprint density at radius 1 is 1.16 bits per heavy atom. The van der Waals surface area contributed by atoms with Crippen molar-refractivity contribution >= 4 is 56.2 Å². The number of carbonyl (C=O) groups is 2. The summed E-state index contributed by atoms with van der Waals surface area (Å²) in [5.74, 6) is -0.996. The van der Waals surface area contributed by atoms with Crippen LogP contribution in [0.5, 0.6) is 0 Å². The van der Waals surface area contributed by atoms with Crippen molar-refractivity contribution in [1.82, 2.24) is 4.72 Å². The molecular weight excluding hydrogens is 436 g/mol. The number of rotatable bonds is 4. The third-order valence-corrected chi connectivity index (χ3v) is 6.69. The Labute approximate surface area is 186 Å². The minimum absolute atomic E-state index is 0.123. The average Bonchev–Trinajstić information content (AvgIpc) is 2.85. The van der Waals surface area contributed by atoms with Gasteiger partial charge >= 0.3 is 0 Å². The van der Waals surface area contributed by atoms with E-state index >= 15 is 0 Å². The summed E-state index contributed by atoms with van der Waals surface area (Å²) < 4.78 is 26.8. The monoisotopic (exact) mass is 456 g/mol. The Kier molecular flexibility index (Phi) is 5.60. The molecule has 0 unspecified atom stereocenters. The van der Waals surface area contributed by atoms with E-state index in [1.54, 1.807) is 49.9 Å². The summed E-state index contributed by atoms with van der Waals surface area (Å²) in [5, 5.41) is 0.180. The lowest BCUT2D eigenvalue weighted by Crippen LogP contribution is -2.44. The van der Waals surface area contributed by atoms with Crippen LogP contribution in [-0.4, -0.2) is 30.9 Å². The van der Waals surface area contributed by atoms with Crippen molar-refractivity contribution < 1.29 is 18.0 Å². The topological polar surface area (TPSA) is 91.2 Å².